The molecule has 1 aromatic carbocycles. The van der Waals surface area contributed by atoms with E-state index in [1.165, 1.54) is 12.1 Å². The first-order valence-corrected chi connectivity index (χ1v) is 6.68. The zero-order chi connectivity index (χ0) is 15.0. The summed E-state index contributed by atoms with van der Waals surface area (Å²) in [6.45, 7) is 0.960. The highest BCUT2D eigenvalue weighted by Gasteiger charge is 2.32. The van der Waals surface area contributed by atoms with Crippen LogP contribution in [0.1, 0.15) is 25.7 Å². The molecule has 114 valence electrons. The highest BCUT2D eigenvalue weighted by molar-refractivity contribution is 6.30. The first-order valence-electron chi connectivity index (χ1n) is 6.30. The van der Waals surface area contributed by atoms with Gasteiger partial charge >= 0.3 is 6.36 Å². The fraction of sp³-hybridized carbons (Fsp3) is 0.538. The molecule has 0 radical (unpaired) electrons. The van der Waals surface area contributed by atoms with Gasteiger partial charge in [0.1, 0.15) is 0 Å². The Balaban J connectivity index is 2.51. The van der Waals surface area contributed by atoms with Crippen LogP contribution >= 0.6 is 11.6 Å². The van der Waals surface area contributed by atoms with E-state index in [2.05, 4.69) is 4.74 Å². The summed E-state index contributed by atoms with van der Waals surface area (Å²) in [6, 6.07) is 3.90. The smallest absolute Gasteiger partial charge is 0.490 e. The van der Waals surface area contributed by atoms with Crippen molar-refractivity contribution in [2.24, 2.45) is 5.73 Å². The van der Waals surface area contributed by atoms with Crippen LogP contribution in [-0.2, 0) is 0 Å². The average Bonchev–Trinajstić information content (AvgIpc) is 2.34. The van der Waals surface area contributed by atoms with E-state index < -0.39 is 12.1 Å². The molecule has 0 saturated heterocycles. The summed E-state index contributed by atoms with van der Waals surface area (Å²) in [5.74, 6) is -0.391. The van der Waals surface area contributed by atoms with Crippen molar-refractivity contribution >= 4 is 11.6 Å². The SMILES string of the molecule is NCCCCCCOc1ccc(Cl)cc1OC(F)(F)F. The van der Waals surface area contributed by atoms with E-state index >= 15 is 0 Å². The highest BCUT2D eigenvalue weighted by Crippen LogP contribution is 2.34. The normalized spacial score (nSPS) is 11.4. The number of rotatable bonds is 8. The van der Waals surface area contributed by atoms with Crippen LogP contribution in [0.15, 0.2) is 18.2 Å². The Morgan fingerprint density at radius 3 is 2.40 bits per heavy atom. The van der Waals surface area contributed by atoms with Gasteiger partial charge in [-0.2, -0.15) is 0 Å². The lowest BCUT2D eigenvalue weighted by Gasteiger charge is -2.14. The summed E-state index contributed by atoms with van der Waals surface area (Å²) >= 11 is 5.65. The van der Waals surface area contributed by atoms with Crippen molar-refractivity contribution in [1.29, 1.82) is 0 Å². The number of hydrogen-bond acceptors (Lipinski definition) is 3. The Morgan fingerprint density at radius 2 is 1.75 bits per heavy atom. The molecule has 0 amide bonds. The van der Waals surface area contributed by atoms with Crippen molar-refractivity contribution < 1.29 is 22.6 Å². The maximum atomic E-state index is 12.2. The highest BCUT2D eigenvalue weighted by atomic mass is 35.5. The van der Waals surface area contributed by atoms with E-state index in [0.29, 0.717) is 13.2 Å². The molecule has 0 spiro atoms. The number of nitrogens with two attached hydrogens (primary N) is 1. The van der Waals surface area contributed by atoms with Crippen molar-refractivity contribution in [3.8, 4) is 11.5 Å². The average molecular weight is 312 g/mol. The molecule has 1 aromatic rings. The van der Waals surface area contributed by atoms with Crippen LogP contribution in [0.5, 0.6) is 11.5 Å². The van der Waals surface area contributed by atoms with Crippen LogP contribution in [0.2, 0.25) is 5.02 Å². The van der Waals surface area contributed by atoms with E-state index in [1.54, 1.807) is 0 Å². The van der Waals surface area contributed by atoms with Crippen LogP contribution in [0, 0.1) is 0 Å². The van der Waals surface area contributed by atoms with E-state index in [-0.39, 0.29) is 10.8 Å². The zero-order valence-corrected chi connectivity index (χ0v) is 11.6. The molecule has 0 aromatic heterocycles. The predicted molar refractivity (Wildman–Crippen MR) is 71.2 cm³/mol. The van der Waals surface area contributed by atoms with Crippen molar-refractivity contribution in [1.82, 2.24) is 0 Å². The molecule has 0 aliphatic rings. The molecule has 1 rings (SSSR count). The summed E-state index contributed by atoms with van der Waals surface area (Å²) in [5, 5.41) is 0.152. The van der Waals surface area contributed by atoms with E-state index in [1.807, 2.05) is 0 Å². The third kappa shape index (κ3) is 6.86. The Morgan fingerprint density at radius 1 is 1.05 bits per heavy atom. The van der Waals surface area contributed by atoms with E-state index in [9.17, 15) is 13.2 Å². The van der Waals surface area contributed by atoms with Crippen LogP contribution in [0.25, 0.3) is 0 Å². The topological polar surface area (TPSA) is 44.5 Å². The van der Waals surface area contributed by atoms with Crippen LogP contribution < -0.4 is 15.2 Å². The predicted octanol–water partition coefficient (Wildman–Crippen LogP) is 4.14. The van der Waals surface area contributed by atoms with Crippen LogP contribution in [-0.4, -0.2) is 19.5 Å². The Bertz CT molecular complexity index is 413. The molecule has 0 atom stereocenters. The lowest BCUT2D eigenvalue weighted by Crippen LogP contribution is -2.17. The minimum absolute atomic E-state index is 0.0329. The van der Waals surface area contributed by atoms with Gasteiger partial charge in [0.05, 0.1) is 6.61 Å². The fourth-order valence-electron chi connectivity index (χ4n) is 1.59. The number of benzene rings is 1. The van der Waals surface area contributed by atoms with E-state index in [0.717, 1.165) is 31.7 Å². The van der Waals surface area contributed by atoms with Gasteiger partial charge < -0.3 is 15.2 Å². The second-order valence-electron chi connectivity index (χ2n) is 4.19. The second-order valence-corrected chi connectivity index (χ2v) is 4.63. The molecule has 2 N–H and O–H groups in total. The standard InChI is InChI=1S/C13H17ClF3NO2/c14-10-5-6-11(12(9-10)20-13(15,16)17)19-8-4-2-1-3-7-18/h5-6,9H,1-4,7-8,18H2. The number of hydrogen-bond donors (Lipinski definition) is 1. The molecule has 0 aliphatic heterocycles. The minimum atomic E-state index is -4.77. The molecule has 0 heterocycles. The van der Waals surface area contributed by atoms with Crippen LogP contribution in [0.3, 0.4) is 0 Å². The molecule has 0 saturated carbocycles. The van der Waals surface area contributed by atoms with Crippen LogP contribution in [0.4, 0.5) is 13.2 Å². The summed E-state index contributed by atoms with van der Waals surface area (Å²) in [5.41, 5.74) is 5.36. The van der Waals surface area contributed by atoms with Crippen molar-refractivity contribution in [3.63, 3.8) is 0 Å². The lowest BCUT2D eigenvalue weighted by molar-refractivity contribution is -0.275. The molecule has 7 heteroatoms. The first-order chi connectivity index (χ1) is 9.42. The molecule has 0 aliphatic carbocycles. The summed E-state index contributed by atoms with van der Waals surface area (Å²) in [7, 11) is 0. The fourth-order valence-corrected chi connectivity index (χ4v) is 1.75. The Kier molecular flexibility index (Phi) is 6.95. The Hall–Kier alpha value is -1.14. The quantitative estimate of drug-likeness (QED) is 0.734. The van der Waals surface area contributed by atoms with Crippen molar-refractivity contribution in [3.05, 3.63) is 23.2 Å². The monoisotopic (exact) mass is 311 g/mol. The number of halogens is 4. The van der Waals surface area contributed by atoms with Gasteiger partial charge in [0.2, 0.25) is 0 Å². The number of ether oxygens (including phenoxy) is 2. The van der Waals surface area contributed by atoms with Crippen molar-refractivity contribution in [2.45, 2.75) is 32.0 Å². The van der Waals surface area contributed by atoms with Gasteiger partial charge in [-0.15, -0.1) is 13.2 Å². The molecule has 0 bridgehead atoms. The third-order valence-corrected chi connectivity index (χ3v) is 2.72. The molecule has 20 heavy (non-hydrogen) atoms. The summed E-state index contributed by atoms with van der Waals surface area (Å²) < 4.78 is 45.9. The summed E-state index contributed by atoms with van der Waals surface area (Å²) in [6.07, 6.45) is -1.20. The maximum absolute atomic E-state index is 12.2. The van der Waals surface area contributed by atoms with Gasteiger partial charge in [-0.3, -0.25) is 0 Å². The van der Waals surface area contributed by atoms with Gasteiger partial charge in [-0.05, 0) is 31.5 Å². The van der Waals surface area contributed by atoms with Gasteiger partial charge in [0, 0.05) is 11.1 Å². The molecular formula is C13H17ClF3NO2. The minimum Gasteiger partial charge on any atom is -0.490 e. The first kappa shape index (κ1) is 16.9. The van der Waals surface area contributed by atoms with Crippen molar-refractivity contribution in [2.75, 3.05) is 13.2 Å². The van der Waals surface area contributed by atoms with Gasteiger partial charge in [-0.1, -0.05) is 24.4 Å². The largest absolute Gasteiger partial charge is 0.573 e. The van der Waals surface area contributed by atoms with Gasteiger partial charge in [0.25, 0.3) is 0 Å². The molecule has 0 unspecified atom stereocenters. The number of unbranched alkanes of at least 4 members (excludes halogenated alkanes) is 3. The molecule has 3 nitrogen and oxygen atoms in total. The van der Waals surface area contributed by atoms with E-state index in [4.69, 9.17) is 22.1 Å². The molecule has 0 fully saturated rings. The lowest BCUT2D eigenvalue weighted by atomic mass is 10.2. The zero-order valence-electron chi connectivity index (χ0n) is 10.9. The third-order valence-electron chi connectivity index (χ3n) is 2.49. The molecular weight excluding hydrogens is 295 g/mol. The maximum Gasteiger partial charge on any atom is 0.573 e. The van der Waals surface area contributed by atoms with Gasteiger partial charge in [-0.25, -0.2) is 0 Å². The van der Waals surface area contributed by atoms with Gasteiger partial charge in [0.15, 0.2) is 11.5 Å². The second kappa shape index (κ2) is 8.21. The Labute approximate surface area is 120 Å². The summed E-state index contributed by atoms with van der Waals surface area (Å²) in [4.78, 5) is 0. The number of alkyl halides is 3.